The van der Waals surface area contributed by atoms with Crippen LogP contribution in [0.4, 0.5) is 0 Å². The third kappa shape index (κ3) is 9.34. The summed E-state index contributed by atoms with van der Waals surface area (Å²) < 4.78 is 37.6. The number of nitrogens with zero attached hydrogens (tertiary/aromatic N) is 3. The molecule has 0 aliphatic heterocycles. The quantitative estimate of drug-likeness (QED) is 0.154. The molecule has 5 heteroatoms. The number of hydrogen-bond donors (Lipinski definition) is 1. The van der Waals surface area contributed by atoms with E-state index in [4.69, 9.17) is 15.5 Å². The molecular weight excluding hydrogens is 998 g/mol. The molecule has 0 amide bonds. The Morgan fingerprint density at radius 1 is 0.612 bits per heavy atom. The van der Waals surface area contributed by atoms with Gasteiger partial charge in [0.25, 0.3) is 0 Å². The van der Waals surface area contributed by atoms with E-state index in [0.717, 1.165) is 78.0 Å². The second-order valence-corrected chi connectivity index (χ2v) is 20.0. The normalized spacial score (nSPS) is 13.1. The maximum absolute atomic E-state index is 12.0. The van der Waals surface area contributed by atoms with E-state index < -0.39 is 12.7 Å². The van der Waals surface area contributed by atoms with Crippen molar-refractivity contribution >= 4 is 11.0 Å². The molecule has 0 radical (unpaired) electrons. The number of rotatable bonds is 8. The van der Waals surface area contributed by atoms with Crippen molar-refractivity contribution in [2.75, 3.05) is 0 Å². The van der Waals surface area contributed by atoms with Crippen LogP contribution >= 0.6 is 0 Å². The third-order valence-electron chi connectivity index (χ3n) is 12.8. The van der Waals surface area contributed by atoms with Gasteiger partial charge < -0.3 is 5.11 Å². The first-order valence-electron chi connectivity index (χ1n) is 24.8. The van der Waals surface area contributed by atoms with Gasteiger partial charge in [0, 0.05) is 44.0 Å². The van der Waals surface area contributed by atoms with Gasteiger partial charge in [0.15, 0.2) is 0 Å². The second-order valence-electron chi connectivity index (χ2n) is 20.0. The minimum atomic E-state index is -2.49. The first kappa shape index (κ1) is 42.0. The van der Waals surface area contributed by atoms with E-state index in [1.807, 2.05) is 136 Å². The Morgan fingerprint density at radius 2 is 1.28 bits per heavy atom. The van der Waals surface area contributed by atoms with Gasteiger partial charge in [-0.15, -0.1) is 29.3 Å². The summed E-state index contributed by atoms with van der Waals surface area (Å²) in [6.45, 7) is 18.3. The fourth-order valence-corrected chi connectivity index (χ4v) is 8.92. The van der Waals surface area contributed by atoms with E-state index in [0.29, 0.717) is 33.7 Å². The van der Waals surface area contributed by atoms with Gasteiger partial charge in [-0.1, -0.05) is 170 Å². The fraction of sp³-hybridized carbons (Fsp3) is 0.226. The number of phenols is 1. The molecule has 4 nitrogen and oxygen atoms in total. The Morgan fingerprint density at radius 3 is 1.96 bits per heavy atom. The molecule has 67 heavy (non-hydrogen) atoms. The van der Waals surface area contributed by atoms with Gasteiger partial charge in [-0.3, -0.25) is 9.55 Å². The molecule has 9 aromatic rings. The van der Waals surface area contributed by atoms with Gasteiger partial charge in [0.05, 0.1) is 22.3 Å². The van der Waals surface area contributed by atoms with Crippen molar-refractivity contribution in [1.82, 2.24) is 14.5 Å². The zero-order valence-electron chi connectivity index (χ0n) is 44.0. The molecule has 0 bridgehead atoms. The van der Waals surface area contributed by atoms with E-state index in [2.05, 4.69) is 96.1 Å². The molecular formula is C62H60N3OPt-. The monoisotopic (exact) mass is 1060 g/mol. The SMILES string of the molecule is [2H]C([2H])([2H])c1cc(-n2c(-c3cc(C)cc(C)c3O)nc3c(-c4[c-]c(-c5cc(-c6ccc(C([2H])(C)C)cc6)ccn5)cc(C(C)(C)C)c4)cccc32)c(-c2ccccc2)cc1-c1ccc(C(C)(C)C)cc1.[Pt]. The van der Waals surface area contributed by atoms with E-state index in [9.17, 15) is 5.11 Å². The van der Waals surface area contributed by atoms with Crippen LogP contribution < -0.4 is 0 Å². The Bertz CT molecular complexity index is 3430. The Balaban J connectivity index is 0.00000676. The second kappa shape index (κ2) is 18.4. The van der Waals surface area contributed by atoms with Gasteiger partial charge in [-0.05, 0) is 123 Å². The zero-order chi connectivity index (χ0) is 50.1. The van der Waals surface area contributed by atoms with Gasteiger partial charge >= 0.3 is 0 Å². The van der Waals surface area contributed by atoms with E-state index in [-0.39, 0.29) is 43.2 Å². The molecule has 340 valence electrons. The summed E-state index contributed by atoms with van der Waals surface area (Å²) in [5.41, 5.74) is 15.7. The molecule has 0 unspecified atom stereocenters. The number of para-hydroxylation sites is 1. The van der Waals surface area contributed by atoms with E-state index >= 15 is 0 Å². The predicted octanol–water partition coefficient (Wildman–Crippen LogP) is 16.6. The van der Waals surface area contributed by atoms with Crippen LogP contribution in [0, 0.1) is 26.8 Å². The summed E-state index contributed by atoms with van der Waals surface area (Å²) in [7, 11) is 0. The van der Waals surface area contributed by atoms with E-state index in [1.165, 1.54) is 0 Å². The third-order valence-corrected chi connectivity index (χ3v) is 12.8. The number of pyridine rings is 1. The first-order valence-corrected chi connectivity index (χ1v) is 22.8. The van der Waals surface area contributed by atoms with Crippen molar-refractivity contribution in [1.29, 1.82) is 0 Å². The van der Waals surface area contributed by atoms with Crippen molar-refractivity contribution in [3.8, 4) is 78.6 Å². The number of fused-ring (bicyclic) bond motifs is 1. The van der Waals surface area contributed by atoms with Gasteiger partial charge in [0.1, 0.15) is 11.6 Å². The largest absolute Gasteiger partial charge is 0.507 e. The molecule has 0 saturated heterocycles. The molecule has 9 rings (SSSR count). The maximum Gasteiger partial charge on any atom is 0.148 e. The number of phenolic OH excluding ortho intramolecular Hbond substituents is 1. The molecule has 0 aliphatic carbocycles. The van der Waals surface area contributed by atoms with Crippen LogP contribution in [0.15, 0.2) is 152 Å². The maximum atomic E-state index is 12.0. The number of benzene rings is 7. The summed E-state index contributed by atoms with van der Waals surface area (Å²) in [5, 5.41) is 12.0. The van der Waals surface area contributed by atoms with Gasteiger partial charge in [-0.2, -0.15) is 0 Å². The van der Waals surface area contributed by atoms with Gasteiger partial charge in [-0.25, -0.2) is 4.98 Å². The van der Waals surface area contributed by atoms with Crippen molar-refractivity contribution in [2.24, 2.45) is 0 Å². The average molecular weight is 1060 g/mol. The van der Waals surface area contributed by atoms with Gasteiger partial charge in [0.2, 0.25) is 0 Å². The van der Waals surface area contributed by atoms with Crippen molar-refractivity contribution in [3.05, 3.63) is 191 Å². The summed E-state index contributed by atoms with van der Waals surface area (Å²) in [5.74, 6) is -0.123. The molecule has 1 N–H and O–H groups in total. The first-order chi connectivity index (χ1) is 33.0. The molecule has 0 saturated carbocycles. The summed E-state index contributed by atoms with van der Waals surface area (Å²) >= 11 is 0. The molecule has 0 atom stereocenters. The van der Waals surface area contributed by atoms with Crippen LogP contribution in [0.1, 0.15) is 100 Å². The molecule has 0 fully saturated rings. The van der Waals surface area contributed by atoms with Crippen LogP contribution in [0.3, 0.4) is 0 Å². The van der Waals surface area contributed by atoms with Crippen molar-refractivity contribution in [2.45, 2.75) is 92.8 Å². The number of aromatic nitrogens is 3. The zero-order valence-corrected chi connectivity index (χ0v) is 42.3. The predicted molar refractivity (Wildman–Crippen MR) is 278 cm³/mol. The average Bonchev–Trinajstić information content (AvgIpc) is 3.71. The summed E-state index contributed by atoms with van der Waals surface area (Å²) in [6.07, 6.45) is 1.83. The molecule has 2 aromatic heterocycles. The summed E-state index contributed by atoms with van der Waals surface area (Å²) in [6, 6.07) is 52.5. The standard InChI is InChI=1S/C62H60N3O.Pt/c1-38(2)42-20-22-43(23-21-42)46-28-29-63-55(36-46)48-33-47(34-50(35-48)62(9,10)11)51-18-15-19-56-58(51)64-60(54-31-39(3)30-41(5)59(54)66)65(56)57-32-40(4)52(37-53(57)44-16-13-12-14-17-44)45-24-26-49(27-25-45)61(6,7)8;/h12-32,34-38,66H,1-11H3;/q-1;/i4D3,38D;. The smallest absolute Gasteiger partial charge is 0.148 e. The van der Waals surface area contributed by atoms with Crippen LogP contribution in [0.25, 0.3) is 83.9 Å². The van der Waals surface area contributed by atoms with Crippen LogP contribution in [0.2, 0.25) is 0 Å². The molecule has 7 aromatic carbocycles. The molecule has 0 aliphatic rings. The Hall–Kier alpha value is -6.35. The summed E-state index contributed by atoms with van der Waals surface area (Å²) in [4.78, 5) is 10.4. The number of hydrogen-bond acceptors (Lipinski definition) is 3. The Labute approximate surface area is 417 Å². The molecule has 2 heterocycles. The topological polar surface area (TPSA) is 50.9 Å². The Kier molecular flexibility index (Phi) is 11.5. The van der Waals surface area contributed by atoms with Crippen LogP contribution in [0.5, 0.6) is 5.75 Å². The number of aryl methyl sites for hydroxylation is 3. The van der Waals surface area contributed by atoms with E-state index in [1.54, 1.807) is 0 Å². The van der Waals surface area contributed by atoms with Crippen molar-refractivity contribution < 1.29 is 31.7 Å². The number of aromatic hydroxyl groups is 1. The minimum absolute atomic E-state index is 0. The fourth-order valence-electron chi connectivity index (χ4n) is 8.92. The minimum Gasteiger partial charge on any atom is -0.507 e. The van der Waals surface area contributed by atoms with Crippen LogP contribution in [-0.4, -0.2) is 19.6 Å². The van der Waals surface area contributed by atoms with Crippen LogP contribution in [-0.2, 0) is 31.9 Å². The van der Waals surface area contributed by atoms with Crippen molar-refractivity contribution in [3.63, 3.8) is 0 Å². The number of imidazole rings is 1. The molecule has 0 spiro atoms.